The number of aryl methyl sites for hydroxylation is 1. The molecule has 1 aromatic rings. The number of H-pyrrole nitrogens is 1. The second-order valence-electron chi connectivity index (χ2n) is 3.31. The van der Waals surface area contributed by atoms with Gasteiger partial charge in [0, 0.05) is 12.2 Å². The van der Waals surface area contributed by atoms with Crippen LogP contribution in [0.1, 0.15) is 38.1 Å². The fraction of sp³-hybridized carbons (Fsp3) is 0.700. The minimum absolute atomic E-state index is 0.907. The second kappa shape index (κ2) is 5.75. The predicted octanol–water partition coefficient (Wildman–Crippen LogP) is 1.86. The molecule has 3 heteroatoms. The zero-order valence-corrected chi connectivity index (χ0v) is 8.56. The van der Waals surface area contributed by atoms with Crippen LogP contribution in [-0.2, 0) is 13.0 Å². The van der Waals surface area contributed by atoms with Gasteiger partial charge in [-0.3, -0.25) is 5.10 Å². The van der Waals surface area contributed by atoms with Crippen LogP contribution in [0.3, 0.4) is 0 Å². The van der Waals surface area contributed by atoms with Gasteiger partial charge in [0.1, 0.15) is 0 Å². The first-order valence-electron chi connectivity index (χ1n) is 5.10. The monoisotopic (exact) mass is 181 g/mol. The van der Waals surface area contributed by atoms with Gasteiger partial charge in [-0.15, -0.1) is 0 Å². The Morgan fingerprint density at radius 3 is 2.92 bits per heavy atom. The van der Waals surface area contributed by atoms with Crippen molar-refractivity contribution in [3.05, 3.63) is 17.5 Å². The highest BCUT2D eigenvalue weighted by atomic mass is 15.1. The van der Waals surface area contributed by atoms with Gasteiger partial charge in [-0.2, -0.15) is 5.10 Å². The number of aromatic nitrogens is 2. The van der Waals surface area contributed by atoms with E-state index >= 15 is 0 Å². The Kier molecular flexibility index (Phi) is 4.54. The molecule has 2 N–H and O–H groups in total. The van der Waals surface area contributed by atoms with Gasteiger partial charge in [-0.25, -0.2) is 0 Å². The normalized spacial score (nSPS) is 10.6. The third kappa shape index (κ3) is 3.59. The summed E-state index contributed by atoms with van der Waals surface area (Å²) in [5, 5.41) is 10.6. The fourth-order valence-corrected chi connectivity index (χ4v) is 1.28. The number of hydrogen-bond acceptors (Lipinski definition) is 2. The van der Waals surface area contributed by atoms with Crippen LogP contribution < -0.4 is 5.32 Å². The van der Waals surface area contributed by atoms with E-state index < -0.39 is 0 Å². The van der Waals surface area contributed by atoms with Crippen molar-refractivity contribution in [3.8, 4) is 0 Å². The Balaban J connectivity index is 2.31. The number of aromatic amines is 1. The lowest BCUT2D eigenvalue weighted by Gasteiger charge is -1.98. The summed E-state index contributed by atoms with van der Waals surface area (Å²) < 4.78 is 0. The smallest absolute Gasteiger partial charge is 0.0625 e. The van der Waals surface area contributed by atoms with Gasteiger partial charge in [0.25, 0.3) is 0 Å². The molecule has 1 rings (SSSR count). The van der Waals surface area contributed by atoms with Crippen LogP contribution in [0.5, 0.6) is 0 Å². The molecular weight excluding hydrogens is 162 g/mol. The molecule has 74 valence electrons. The van der Waals surface area contributed by atoms with E-state index in [1.165, 1.54) is 17.8 Å². The van der Waals surface area contributed by atoms with Crippen molar-refractivity contribution in [1.82, 2.24) is 15.5 Å². The maximum atomic E-state index is 4.22. The van der Waals surface area contributed by atoms with Gasteiger partial charge in [0.05, 0.1) is 5.69 Å². The van der Waals surface area contributed by atoms with Crippen molar-refractivity contribution in [1.29, 1.82) is 0 Å². The molecule has 0 fully saturated rings. The van der Waals surface area contributed by atoms with E-state index in [0.29, 0.717) is 0 Å². The topological polar surface area (TPSA) is 40.7 Å². The Morgan fingerprint density at radius 1 is 1.38 bits per heavy atom. The standard InChI is InChI=1S/C10H19N3/c1-3-5-9-7-10(13-12-9)8-11-6-4-2/h7,11H,3-6,8H2,1-2H3,(H,12,13). The molecular formula is C10H19N3. The summed E-state index contributed by atoms with van der Waals surface area (Å²) in [4.78, 5) is 0. The summed E-state index contributed by atoms with van der Waals surface area (Å²) in [5.74, 6) is 0. The Labute approximate surface area is 79.9 Å². The first kappa shape index (κ1) is 10.3. The first-order chi connectivity index (χ1) is 6.36. The zero-order chi connectivity index (χ0) is 9.52. The fourth-order valence-electron chi connectivity index (χ4n) is 1.28. The summed E-state index contributed by atoms with van der Waals surface area (Å²) in [5.41, 5.74) is 2.37. The lowest BCUT2D eigenvalue weighted by atomic mass is 10.2. The van der Waals surface area contributed by atoms with Crippen molar-refractivity contribution in [2.24, 2.45) is 0 Å². The molecule has 0 aromatic carbocycles. The summed E-state index contributed by atoms with van der Waals surface area (Å²) in [6.07, 6.45) is 3.41. The number of nitrogens with zero attached hydrogens (tertiary/aromatic N) is 1. The first-order valence-corrected chi connectivity index (χ1v) is 5.10. The van der Waals surface area contributed by atoms with Crippen molar-refractivity contribution >= 4 is 0 Å². The van der Waals surface area contributed by atoms with Crippen molar-refractivity contribution in [2.45, 2.75) is 39.7 Å². The maximum absolute atomic E-state index is 4.22. The van der Waals surface area contributed by atoms with Gasteiger partial charge in [-0.1, -0.05) is 20.3 Å². The summed E-state index contributed by atoms with van der Waals surface area (Å²) >= 11 is 0. The number of hydrogen-bond donors (Lipinski definition) is 2. The SMILES string of the molecule is CCCNCc1cc(CCC)n[nH]1. The molecule has 0 aliphatic rings. The molecule has 0 saturated carbocycles. The van der Waals surface area contributed by atoms with Crippen LogP contribution in [0.15, 0.2) is 6.07 Å². The van der Waals surface area contributed by atoms with Crippen molar-refractivity contribution in [2.75, 3.05) is 6.54 Å². The van der Waals surface area contributed by atoms with Crippen LogP contribution in [0, 0.1) is 0 Å². The molecule has 1 aromatic heterocycles. The van der Waals surface area contributed by atoms with E-state index in [1.807, 2.05) is 0 Å². The molecule has 0 saturated heterocycles. The third-order valence-corrected chi connectivity index (χ3v) is 1.93. The average Bonchev–Trinajstić information content (AvgIpc) is 2.54. The summed E-state index contributed by atoms with van der Waals surface area (Å²) in [6.45, 7) is 6.32. The second-order valence-corrected chi connectivity index (χ2v) is 3.31. The molecule has 0 aliphatic carbocycles. The summed E-state index contributed by atoms with van der Waals surface area (Å²) in [6, 6.07) is 2.14. The average molecular weight is 181 g/mol. The maximum Gasteiger partial charge on any atom is 0.0625 e. The number of rotatable bonds is 6. The van der Waals surface area contributed by atoms with E-state index in [-0.39, 0.29) is 0 Å². The highest BCUT2D eigenvalue weighted by Crippen LogP contribution is 2.01. The van der Waals surface area contributed by atoms with Crippen molar-refractivity contribution in [3.63, 3.8) is 0 Å². The Morgan fingerprint density at radius 2 is 2.23 bits per heavy atom. The molecule has 0 radical (unpaired) electrons. The molecule has 0 spiro atoms. The van der Waals surface area contributed by atoms with Crippen LogP contribution in [0.2, 0.25) is 0 Å². The molecule has 0 unspecified atom stereocenters. The van der Waals surface area contributed by atoms with Gasteiger partial charge in [0.15, 0.2) is 0 Å². The lowest BCUT2D eigenvalue weighted by molar-refractivity contribution is 0.662. The lowest BCUT2D eigenvalue weighted by Crippen LogP contribution is -2.13. The van der Waals surface area contributed by atoms with Crippen LogP contribution in [0.4, 0.5) is 0 Å². The number of nitrogens with one attached hydrogen (secondary N) is 2. The highest BCUT2D eigenvalue weighted by molar-refractivity contribution is 5.08. The largest absolute Gasteiger partial charge is 0.311 e. The van der Waals surface area contributed by atoms with Crippen LogP contribution in [-0.4, -0.2) is 16.7 Å². The Bertz CT molecular complexity index is 230. The minimum Gasteiger partial charge on any atom is -0.311 e. The predicted molar refractivity (Wildman–Crippen MR) is 54.6 cm³/mol. The van der Waals surface area contributed by atoms with Crippen LogP contribution in [0.25, 0.3) is 0 Å². The minimum atomic E-state index is 0.907. The van der Waals surface area contributed by atoms with E-state index in [2.05, 4.69) is 35.4 Å². The molecule has 0 amide bonds. The quantitative estimate of drug-likeness (QED) is 0.658. The van der Waals surface area contributed by atoms with Gasteiger partial charge in [0.2, 0.25) is 0 Å². The van der Waals surface area contributed by atoms with E-state index in [4.69, 9.17) is 0 Å². The third-order valence-electron chi connectivity index (χ3n) is 1.93. The van der Waals surface area contributed by atoms with Crippen LogP contribution >= 0.6 is 0 Å². The van der Waals surface area contributed by atoms with Gasteiger partial charge >= 0.3 is 0 Å². The molecule has 0 bridgehead atoms. The molecule has 1 heterocycles. The van der Waals surface area contributed by atoms with Crippen molar-refractivity contribution < 1.29 is 0 Å². The Hall–Kier alpha value is -0.830. The molecule has 3 nitrogen and oxygen atoms in total. The van der Waals surface area contributed by atoms with Gasteiger partial charge < -0.3 is 5.32 Å². The van der Waals surface area contributed by atoms with Gasteiger partial charge in [-0.05, 0) is 25.5 Å². The molecule has 0 atom stereocenters. The summed E-state index contributed by atoms with van der Waals surface area (Å²) in [7, 11) is 0. The molecule has 13 heavy (non-hydrogen) atoms. The van der Waals surface area contributed by atoms with E-state index in [1.54, 1.807) is 0 Å². The van der Waals surface area contributed by atoms with E-state index in [0.717, 1.165) is 25.9 Å². The highest BCUT2D eigenvalue weighted by Gasteiger charge is 1.98. The van der Waals surface area contributed by atoms with E-state index in [9.17, 15) is 0 Å². The zero-order valence-electron chi connectivity index (χ0n) is 8.56. The molecule has 0 aliphatic heterocycles.